The Morgan fingerprint density at radius 3 is 2.84 bits per heavy atom. The third-order valence-corrected chi connectivity index (χ3v) is 3.42. The summed E-state index contributed by atoms with van der Waals surface area (Å²) >= 11 is 11.9. The first-order valence-electron chi connectivity index (χ1n) is 5.53. The van der Waals surface area contributed by atoms with E-state index in [-0.39, 0.29) is 16.1 Å². The van der Waals surface area contributed by atoms with Crippen molar-refractivity contribution in [3.05, 3.63) is 45.2 Å². The molecular formula is C11H10Cl2N4O2. The highest BCUT2D eigenvalue weighted by atomic mass is 35.5. The summed E-state index contributed by atoms with van der Waals surface area (Å²) in [5, 5.41) is 18.4. The van der Waals surface area contributed by atoms with Gasteiger partial charge in [0, 0.05) is 6.07 Å². The van der Waals surface area contributed by atoms with E-state index < -0.39 is 4.92 Å². The Morgan fingerprint density at radius 1 is 1.53 bits per heavy atom. The molecule has 0 aliphatic rings. The highest BCUT2D eigenvalue weighted by Crippen LogP contribution is 2.27. The van der Waals surface area contributed by atoms with Crippen LogP contribution in [0.25, 0.3) is 5.69 Å². The number of nitro groups is 1. The van der Waals surface area contributed by atoms with Crippen LogP contribution in [0.2, 0.25) is 5.02 Å². The third-order valence-electron chi connectivity index (χ3n) is 2.58. The van der Waals surface area contributed by atoms with Gasteiger partial charge in [-0.05, 0) is 18.6 Å². The van der Waals surface area contributed by atoms with Crippen molar-refractivity contribution >= 4 is 28.9 Å². The van der Waals surface area contributed by atoms with Gasteiger partial charge in [-0.2, -0.15) is 0 Å². The van der Waals surface area contributed by atoms with Crippen LogP contribution in [0.5, 0.6) is 0 Å². The molecule has 0 saturated heterocycles. The maximum absolute atomic E-state index is 10.7. The van der Waals surface area contributed by atoms with E-state index >= 15 is 0 Å². The molecular weight excluding hydrogens is 291 g/mol. The third kappa shape index (κ3) is 2.85. The summed E-state index contributed by atoms with van der Waals surface area (Å²) in [6.45, 7) is 1.94. The molecule has 1 atom stereocenters. The minimum atomic E-state index is -0.537. The zero-order valence-corrected chi connectivity index (χ0v) is 11.5. The fourth-order valence-corrected chi connectivity index (χ4v) is 1.89. The smallest absolute Gasteiger partial charge is 0.258 e. The number of halogens is 2. The maximum atomic E-state index is 10.7. The Labute approximate surface area is 119 Å². The molecule has 1 aromatic carbocycles. The monoisotopic (exact) mass is 300 g/mol. The van der Waals surface area contributed by atoms with Gasteiger partial charge in [0.2, 0.25) is 0 Å². The van der Waals surface area contributed by atoms with Gasteiger partial charge in [-0.3, -0.25) is 10.1 Å². The Bertz CT molecular complexity index is 614. The van der Waals surface area contributed by atoms with E-state index in [1.165, 1.54) is 16.8 Å². The normalized spacial score (nSPS) is 12.4. The fourth-order valence-electron chi connectivity index (χ4n) is 1.54. The summed E-state index contributed by atoms with van der Waals surface area (Å²) < 4.78 is 1.48. The van der Waals surface area contributed by atoms with Crippen molar-refractivity contribution in [3.8, 4) is 5.69 Å². The van der Waals surface area contributed by atoms with E-state index in [1.54, 1.807) is 12.3 Å². The van der Waals surface area contributed by atoms with Crippen LogP contribution >= 0.6 is 23.2 Å². The molecule has 8 heteroatoms. The molecule has 1 heterocycles. The predicted octanol–water partition coefficient (Wildman–Crippen LogP) is 3.52. The number of nitrogens with zero attached hydrogens (tertiary/aromatic N) is 4. The van der Waals surface area contributed by atoms with Crippen LogP contribution < -0.4 is 0 Å². The van der Waals surface area contributed by atoms with Gasteiger partial charge in [0.15, 0.2) is 0 Å². The Hall–Kier alpha value is -1.66. The molecule has 0 radical (unpaired) electrons. The highest BCUT2D eigenvalue weighted by molar-refractivity contribution is 6.32. The summed E-state index contributed by atoms with van der Waals surface area (Å²) in [6, 6.07) is 4.35. The van der Waals surface area contributed by atoms with E-state index in [0.717, 1.165) is 6.42 Å². The lowest BCUT2D eigenvalue weighted by Crippen LogP contribution is -1.96. The zero-order valence-electron chi connectivity index (χ0n) is 9.96. The average molecular weight is 301 g/mol. The van der Waals surface area contributed by atoms with Crippen LogP contribution in [0.1, 0.15) is 24.4 Å². The maximum Gasteiger partial charge on any atom is 0.288 e. The number of alkyl halides is 1. The van der Waals surface area contributed by atoms with Crippen LogP contribution in [0.15, 0.2) is 24.4 Å². The molecule has 1 aromatic heterocycles. The Kier molecular flexibility index (Phi) is 4.01. The van der Waals surface area contributed by atoms with Gasteiger partial charge in [-0.15, -0.1) is 16.7 Å². The average Bonchev–Trinajstić information content (AvgIpc) is 2.86. The van der Waals surface area contributed by atoms with E-state index in [9.17, 15) is 10.1 Å². The van der Waals surface area contributed by atoms with E-state index in [0.29, 0.717) is 11.4 Å². The second kappa shape index (κ2) is 5.54. The fraction of sp³-hybridized carbons (Fsp3) is 0.273. The lowest BCUT2D eigenvalue weighted by Gasteiger charge is -2.02. The lowest BCUT2D eigenvalue weighted by molar-refractivity contribution is -0.384. The van der Waals surface area contributed by atoms with Crippen molar-refractivity contribution in [1.82, 2.24) is 15.0 Å². The first kappa shape index (κ1) is 13.8. The van der Waals surface area contributed by atoms with Crippen LogP contribution in [0, 0.1) is 10.1 Å². The molecule has 0 bridgehead atoms. The molecule has 0 aliphatic heterocycles. The second-order valence-electron chi connectivity index (χ2n) is 3.86. The molecule has 2 rings (SSSR count). The minimum Gasteiger partial charge on any atom is -0.258 e. The van der Waals surface area contributed by atoms with Gasteiger partial charge in [-0.25, -0.2) is 4.68 Å². The number of rotatable bonds is 4. The van der Waals surface area contributed by atoms with Crippen molar-refractivity contribution in [2.45, 2.75) is 18.7 Å². The Morgan fingerprint density at radius 2 is 2.26 bits per heavy atom. The summed E-state index contributed by atoms with van der Waals surface area (Å²) in [5.74, 6) is 0. The molecule has 100 valence electrons. The van der Waals surface area contributed by atoms with Crippen LogP contribution in [-0.4, -0.2) is 19.9 Å². The Balaban J connectivity index is 2.35. The number of hydrogen-bond acceptors (Lipinski definition) is 4. The summed E-state index contributed by atoms with van der Waals surface area (Å²) in [6.07, 6.45) is 2.42. The molecule has 1 unspecified atom stereocenters. The first-order valence-corrected chi connectivity index (χ1v) is 6.35. The van der Waals surface area contributed by atoms with Crippen molar-refractivity contribution in [3.63, 3.8) is 0 Å². The predicted molar refractivity (Wildman–Crippen MR) is 71.9 cm³/mol. The van der Waals surface area contributed by atoms with Crippen molar-refractivity contribution in [2.75, 3.05) is 0 Å². The summed E-state index contributed by atoms with van der Waals surface area (Å²) in [5.41, 5.74) is 1.10. The van der Waals surface area contributed by atoms with Gasteiger partial charge in [0.1, 0.15) is 10.7 Å². The van der Waals surface area contributed by atoms with Crippen LogP contribution in [0.3, 0.4) is 0 Å². The highest BCUT2D eigenvalue weighted by Gasteiger charge is 2.15. The van der Waals surface area contributed by atoms with Crippen molar-refractivity contribution in [2.24, 2.45) is 0 Å². The van der Waals surface area contributed by atoms with Gasteiger partial charge in [0.05, 0.1) is 22.2 Å². The molecule has 0 spiro atoms. The first-order chi connectivity index (χ1) is 9.02. The molecule has 19 heavy (non-hydrogen) atoms. The van der Waals surface area contributed by atoms with Gasteiger partial charge in [0.25, 0.3) is 5.69 Å². The molecule has 0 N–H and O–H groups in total. The summed E-state index contributed by atoms with van der Waals surface area (Å²) in [7, 11) is 0. The molecule has 0 saturated carbocycles. The number of aromatic nitrogens is 3. The molecule has 0 amide bonds. The van der Waals surface area contributed by atoms with Gasteiger partial charge >= 0.3 is 0 Å². The largest absolute Gasteiger partial charge is 0.288 e. The molecule has 6 nitrogen and oxygen atoms in total. The van der Waals surface area contributed by atoms with Crippen molar-refractivity contribution < 1.29 is 4.92 Å². The SMILES string of the molecule is CCC(Cl)c1cn(-c2ccc([N+](=O)[O-])c(Cl)c2)nn1. The van der Waals surface area contributed by atoms with Crippen LogP contribution in [0.4, 0.5) is 5.69 Å². The van der Waals surface area contributed by atoms with Crippen molar-refractivity contribution in [1.29, 1.82) is 0 Å². The summed E-state index contributed by atoms with van der Waals surface area (Å²) in [4.78, 5) is 10.1. The van der Waals surface area contributed by atoms with E-state index in [1.807, 2.05) is 6.92 Å². The van der Waals surface area contributed by atoms with Crippen LogP contribution in [-0.2, 0) is 0 Å². The minimum absolute atomic E-state index is 0.0532. The number of hydrogen-bond donors (Lipinski definition) is 0. The molecule has 0 fully saturated rings. The number of nitro benzene ring substituents is 1. The molecule has 0 aliphatic carbocycles. The lowest BCUT2D eigenvalue weighted by atomic mass is 10.2. The number of benzene rings is 1. The van der Waals surface area contributed by atoms with Gasteiger partial charge < -0.3 is 0 Å². The molecule has 2 aromatic rings. The quantitative estimate of drug-likeness (QED) is 0.492. The second-order valence-corrected chi connectivity index (χ2v) is 4.79. The van der Waals surface area contributed by atoms with E-state index in [4.69, 9.17) is 23.2 Å². The standard InChI is InChI=1S/C11H10Cl2N4O2/c1-2-8(12)10-6-16(15-14-10)7-3-4-11(17(18)19)9(13)5-7/h3-6,8H,2H2,1H3. The zero-order chi connectivity index (χ0) is 14.0. The van der Waals surface area contributed by atoms with Gasteiger partial charge in [-0.1, -0.05) is 23.7 Å². The van der Waals surface area contributed by atoms with E-state index in [2.05, 4.69) is 10.3 Å². The topological polar surface area (TPSA) is 73.8 Å².